The van der Waals surface area contributed by atoms with E-state index in [4.69, 9.17) is 14.2 Å². The number of carbonyl (C=O) groups excluding carboxylic acids is 2. The van der Waals surface area contributed by atoms with Gasteiger partial charge in [0.2, 0.25) is 5.78 Å². The van der Waals surface area contributed by atoms with Gasteiger partial charge in [0.1, 0.15) is 17.1 Å². The first-order valence-electron chi connectivity index (χ1n) is 7.51. The highest BCUT2D eigenvalue weighted by Crippen LogP contribution is 2.38. The Morgan fingerprint density at radius 2 is 1.65 bits per heavy atom. The van der Waals surface area contributed by atoms with Crippen LogP contribution in [0.3, 0.4) is 0 Å². The molecule has 0 saturated heterocycles. The lowest BCUT2D eigenvalue weighted by molar-refractivity contribution is 0.0400. The quantitative estimate of drug-likeness (QED) is 0.794. The van der Waals surface area contributed by atoms with Crippen LogP contribution in [0, 0.1) is 0 Å². The number of fused-ring (bicyclic) bond motifs is 1. The van der Waals surface area contributed by atoms with E-state index in [0.29, 0.717) is 29.1 Å². The molecule has 0 fully saturated rings. The molecule has 0 N–H and O–H groups in total. The van der Waals surface area contributed by atoms with E-state index >= 15 is 0 Å². The SMILES string of the molecule is C[13CH2]C1=C(OC(C)(C)C)C(=O)c2c(OC)cc(OC)cc2C1=O. The second-order valence-corrected chi connectivity index (χ2v) is 6.29. The predicted molar refractivity (Wildman–Crippen MR) is 86.4 cm³/mol. The maximum atomic E-state index is 12.9. The number of allylic oxidation sites excluding steroid dienone is 2. The van der Waals surface area contributed by atoms with Gasteiger partial charge in [0.15, 0.2) is 11.5 Å². The topological polar surface area (TPSA) is 61.8 Å². The molecule has 0 saturated carbocycles. The van der Waals surface area contributed by atoms with Crippen molar-refractivity contribution < 1.29 is 23.8 Å². The largest absolute Gasteiger partial charge is 0.497 e. The van der Waals surface area contributed by atoms with Crippen molar-refractivity contribution in [1.82, 2.24) is 0 Å². The minimum atomic E-state index is -0.580. The van der Waals surface area contributed by atoms with E-state index in [0.717, 1.165) is 0 Å². The third kappa shape index (κ3) is 3.09. The Hall–Kier alpha value is -2.30. The van der Waals surface area contributed by atoms with Gasteiger partial charge in [-0.05, 0) is 33.3 Å². The van der Waals surface area contributed by atoms with E-state index in [9.17, 15) is 9.59 Å². The molecule has 0 bridgehead atoms. The zero-order chi connectivity index (χ0) is 17.4. The number of ketones is 2. The molecule has 1 aromatic carbocycles. The van der Waals surface area contributed by atoms with Crippen molar-refractivity contribution in [2.45, 2.75) is 39.7 Å². The lowest BCUT2D eigenvalue weighted by atomic mass is 9.88. The Labute approximate surface area is 136 Å². The molecule has 124 valence electrons. The first-order chi connectivity index (χ1) is 10.7. The number of benzene rings is 1. The van der Waals surface area contributed by atoms with E-state index in [-0.39, 0.29) is 22.9 Å². The fourth-order valence-corrected chi connectivity index (χ4v) is 2.53. The molecular formula is C18H22O5. The number of rotatable bonds is 4. The minimum Gasteiger partial charge on any atom is -0.497 e. The summed E-state index contributed by atoms with van der Waals surface area (Å²) in [7, 11) is 2.96. The Morgan fingerprint density at radius 1 is 1.00 bits per heavy atom. The van der Waals surface area contributed by atoms with Crippen LogP contribution in [-0.4, -0.2) is 31.4 Å². The molecular weight excluding hydrogens is 297 g/mol. The fraction of sp³-hybridized carbons (Fsp3) is 0.444. The van der Waals surface area contributed by atoms with Crippen molar-refractivity contribution in [1.29, 1.82) is 0 Å². The van der Waals surface area contributed by atoms with Gasteiger partial charge in [0.05, 0.1) is 19.8 Å². The molecule has 0 aromatic heterocycles. The molecule has 0 heterocycles. The summed E-state index contributed by atoms with van der Waals surface area (Å²) in [4.78, 5) is 25.8. The zero-order valence-corrected chi connectivity index (χ0v) is 14.4. The van der Waals surface area contributed by atoms with E-state index < -0.39 is 5.60 Å². The van der Waals surface area contributed by atoms with Crippen LogP contribution in [0.25, 0.3) is 0 Å². The molecule has 23 heavy (non-hydrogen) atoms. The van der Waals surface area contributed by atoms with E-state index in [1.165, 1.54) is 14.2 Å². The van der Waals surface area contributed by atoms with Crippen LogP contribution in [0.5, 0.6) is 11.5 Å². The molecule has 5 heteroatoms. The van der Waals surface area contributed by atoms with Crippen LogP contribution in [0.2, 0.25) is 0 Å². The highest BCUT2D eigenvalue weighted by Gasteiger charge is 2.37. The van der Waals surface area contributed by atoms with Gasteiger partial charge < -0.3 is 14.2 Å². The second-order valence-electron chi connectivity index (χ2n) is 6.29. The van der Waals surface area contributed by atoms with E-state index in [1.807, 2.05) is 27.7 Å². The summed E-state index contributed by atoms with van der Waals surface area (Å²) in [5, 5.41) is 0. The molecule has 2 rings (SSSR count). The molecule has 0 atom stereocenters. The van der Waals surface area contributed by atoms with E-state index in [1.54, 1.807) is 12.1 Å². The van der Waals surface area contributed by atoms with Gasteiger partial charge in [-0.2, -0.15) is 0 Å². The van der Waals surface area contributed by atoms with Gasteiger partial charge in [-0.25, -0.2) is 0 Å². The maximum absolute atomic E-state index is 12.9. The first-order valence-corrected chi connectivity index (χ1v) is 7.51. The van der Waals surface area contributed by atoms with Gasteiger partial charge in [-0.15, -0.1) is 0 Å². The predicted octanol–water partition coefficient (Wildman–Crippen LogP) is 3.56. The zero-order valence-electron chi connectivity index (χ0n) is 14.4. The van der Waals surface area contributed by atoms with Crippen molar-refractivity contribution >= 4 is 11.6 Å². The van der Waals surface area contributed by atoms with Crippen molar-refractivity contribution in [3.8, 4) is 11.5 Å². The number of hydrogen-bond acceptors (Lipinski definition) is 5. The van der Waals surface area contributed by atoms with Crippen molar-refractivity contribution in [2.75, 3.05) is 14.2 Å². The van der Waals surface area contributed by atoms with Gasteiger partial charge in [-0.1, -0.05) is 6.92 Å². The standard InChI is InChI=1S/C18H22O5/c1-7-11-15(19)12-8-10(21-5)9-13(22-6)14(12)16(20)17(11)23-18(2,3)4/h8-9H,7H2,1-6H3/i7+1. The van der Waals surface area contributed by atoms with Gasteiger partial charge in [0.25, 0.3) is 0 Å². The monoisotopic (exact) mass is 319 g/mol. The Kier molecular flexibility index (Phi) is 4.50. The summed E-state index contributed by atoms with van der Waals surface area (Å²) in [5.74, 6) is 0.339. The summed E-state index contributed by atoms with van der Waals surface area (Å²) < 4.78 is 16.3. The van der Waals surface area contributed by atoms with Crippen LogP contribution in [-0.2, 0) is 4.74 Å². The summed E-state index contributed by atoms with van der Waals surface area (Å²) in [6.45, 7) is 7.35. The van der Waals surface area contributed by atoms with Crippen LogP contribution in [0.1, 0.15) is 54.8 Å². The number of carbonyl (C=O) groups is 2. The van der Waals surface area contributed by atoms with Gasteiger partial charge in [-0.3, -0.25) is 9.59 Å². The smallest absolute Gasteiger partial charge is 0.232 e. The second kappa shape index (κ2) is 6.07. The average Bonchev–Trinajstić information content (AvgIpc) is 2.50. The van der Waals surface area contributed by atoms with E-state index in [2.05, 4.69) is 0 Å². The summed E-state index contributed by atoms with van der Waals surface area (Å²) in [6, 6.07) is 3.16. The average molecular weight is 319 g/mol. The molecule has 5 nitrogen and oxygen atoms in total. The third-order valence-electron chi connectivity index (χ3n) is 3.52. The molecule has 0 radical (unpaired) electrons. The lowest BCUT2D eigenvalue weighted by Gasteiger charge is -2.28. The number of ether oxygens (including phenoxy) is 3. The van der Waals surface area contributed by atoms with Crippen LogP contribution in [0.4, 0.5) is 0 Å². The molecule has 0 spiro atoms. The lowest BCUT2D eigenvalue weighted by Crippen LogP contribution is -2.29. The Morgan fingerprint density at radius 3 is 2.13 bits per heavy atom. The molecule has 1 aromatic rings. The minimum absolute atomic E-state index is 0.112. The summed E-state index contributed by atoms with van der Waals surface area (Å²) in [5.41, 5.74) is 0.329. The normalized spacial score (nSPS) is 14.7. The van der Waals surface area contributed by atoms with Crippen LogP contribution >= 0.6 is 0 Å². The third-order valence-corrected chi connectivity index (χ3v) is 3.52. The fourth-order valence-electron chi connectivity index (χ4n) is 2.53. The van der Waals surface area contributed by atoms with Crippen LogP contribution < -0.4 is 9.47 Å². The van der Waals surface area contributed by atoms with Crippen molar-refractivity contribution in [3.05, 3.63) is 34.6 Å². The number of hydrogen-bond donors (Lipinski definition) is 0. The molecule has 0 unspecified atom stereocenters. The number of methoxy groups -OCH3 is 2. The Balaban J connectivity index is 2.70. The summed E-state index contributed by atoms with van der Waals surface area (Å²) in [6.07, 6.45) is 0.412. The van der Waals surface area contributed by atoms with Crippen LogP contribution in [0.15, 0.2) is 23.5 Å². The Bertz CT molecular complexity index is 692. The molecule has 1 aliphatic rings. The van der Waals surface area contributed by atoms with Gasteiger partial charge >= 0.3 is 0 Å². The van der Waals surface area contributed by atoms with Crippen molar-refractivity contribution in [3.63, 3.8) is 0 Å². The molecule has 0 aliphatic heterocycles. The van der Waals surface area contributed by atoms with Gasteiger partial charge in [0, 0.05) is 17.2 Å². The highest BCUT2D eigenvalue weighted by molar-refractivity contribution is 6.27. The highest BCUT2D eigenvalue weighted by atomic mass is 16.5. The summed E-state index contributed by atoms with van der Waals surface area (Å²) >= 11 is 0. The number of Topliss-reactive ketones (excluding diaryl/α,β-unsaturated/α-hetero) is 2. The molecule has 1 aliphatic carbocycles. The molecule has 0 amide bonds. The maximum Gasteiger partial charge on any atom is 0.232 e. The first kappa shape index (κ1) is 17.1. The van der Waals surface area contributed by atoms with Crippen molar-refractivity contribution in [2.24, 2.45) is 0 Å².